The summed E-state index contributed by atoms with van der Waals surface area (Å²) < 4.78 is 71.1. The third-order valence-corrected chi connectivity index (χ3v) is 6.26. The van der Waals surface area contributed by atoms with Crippen LogP contribution >= 0.6 is 0 Å². The van der Waals surface area contributed by atoms with Crippen LogP contribution in [0.25, 0.3) is 0 Å². The van der Waals surface area contributed by atoms with Crippen molar-refractivity contribution in [1.29, 1.82) is 0 Å². The summed E-state index contributed by atoms with van der Waals surface area (Å²) in [7, 11) is -4.00. The Balaban J connectivity index is 1.65. The number of esters is 1. The van der Waals surface area contributed by atoms with Crippen molar-refractivity contribution < 1.29 is 31.1 Å². The van der Waals surface area contributed by atoms with E-state index in [4.69, 9.17) is 4.74 Å². The minimum absolute atomic E-state index is 0.0123. The van der Waals surface area contributed by atoms with E-state index in [0.717, 1.165) is 16.4 Å². The number of rotatable bonds is 4. The quantitative estimate of drug-likeness (QED) is 0.586. The van der Waals surface area contributed by atoms with E-state index in [9.17, 15) is 26.4 Å². The number of hydrogen-bond acceptors (Lipinski definition) is 4. The number of carbonyl (C=O) groups is 1. The molecule has 0 aliphatic carbocycles. The van der Waals surface area contributed by atoms with Crippen molar-refractivity contribution >= 4 is 16.0 Å². The molecule has 0 radical (unpaired) electrons. The molecule has 1 aliphatic heterocycles. The molecule has 1 fully saturated rings. The van der Waals surface area contributed by atoms with Crippen LogP contribution in [-0.4, -0.2) is 31.8 Å². The highest BCUT2D eigenvalue weighted by Gasteiger charge is 2.33. The lowest BCUT2D eigenvalue weighted by Gasteiger charge is -2.30. The smallest absolute Gasteiger partial charge is 0.314 e. The molecule has 144 valence electrons. The summed E-state index contributed by atoms with van der Waals surface area (Å²) in [6, 6.07) is 7.86. The van der Waals surface area contributed by atoms with Gasteiger partial charge >= 0.3 is 5.97 Å². The second-order valence-corrected chi connectivity index (χ2v) is 8.04. The van der Waals surface area contributed by atoms with Gasteiger partial charge in [0.15, 0.2) is 23.2 Å². The van der Waals surface area contributed by atoms with E-state index < -0.39 is 39.4 Å². The van der Waals surface area contributed by atoms with Crippen molar-refractivity contribution in [1.82, 2.24) is 4.31 Å². The van der Waals surface area contributed by atoms with Crippen molar-refractivity contribution in [3.8, 4) is 5.75 Å². The molecule has 1 saturated heterocycles. The van der Waals surface area contributed by atoms with E-state index in [1.165, 1.54) is 24.3 Å². The van der Waals surface area contributed by atoms with Crippen LogP contribution in [-0.2, 0) is 14.8 Å². The number of halogens is 3. The molecule has 5 nitrogen and oxygen atoms in total. The molecule has 1 aliphatic rings. The number of sulfonamides is 1. The van der Waals surface area contributed by atoms with Crippen LogP contribution in [0, 0.1) is 23.4 Å². The summed E-state index contributed by atoms with van der Waals surface area (Å²) >= 11 is 0. The highest BCUT2D eigenvalue weighted by atomic mass is 32.2. The SMILES string of the molecule is O=C(Oc1ccccc1F)C1CCN(S(=O)(=O)c2ccc(F)c(F)c2)CC1. The van der Waals surface area contributed by atoms with Gasteiger partial charge in [0, 0.05) is 13.1 Å². The molecule has 0 atom stereocenters. The zero-order valence-electron chi connectivity index (χ0n) is 14.1. The Morgan fingerprint density at radius 3 is 2.26 bits per heavy atom. The molecule has 0 unspecified atom stereocenters. The number of nitrogens with zero attached hydrogens (tertiary/aromatic N) is 1. The van der Waals surface area contributed by atoms with Crippen LogP contribution in [0.3, 0.4) is 0 Å². The minimum Gasteiger partial charge on any atom is -0.423 e. The third kappa shape index (κ3) is 4.14. The summed E-state index contributed by atoms with van der Waals surface area (Å²) in [5.74, 6) is -4.45. The second-order valence-electron chi connectivity index (χ2n) is 6.11. The molecule has 0 saturated carbocycles. The maximum atomic E-state index is 13.6. The minimum atomic E-state index is -4.00. The molecule has 0 aromatic heterocycles. The highest BCUT2D eigenvalue weighted by Crippen LogP contribution is 2.26. The molecule has 0 N–H and O–H groups in total. The maximum Gasteiger partial charge on any atom is 0.314 e. The average molecular weight is 399 g/mol. The van der Waals surface area contributed by atoms with Gasteiger partial charge in [-0.15, -0.1) is 0 Å². The van der Waals surface area contributed by atoms with Crippen LogP contribution in [0.5, 0.6) is 5.75 Å². The monoisotopic (exact) mass is 399 g/mol. The van der Waals surface area contributed by atoms with Crippen LogP contribution in [0.4, 0.5) is 13.2 Å². The predicted octanol–water partition coefficient (Wildman–Crippen LogP) is 3.11. The van der Waals surface area contributed by atoms with E-state index in [1.807, 2.05) is 0 Å². The van der Waals surface area contributed by atoms with Gasteiger partial charge in [-0.2, -0.15) is 4.31 Å². The molecule has 1 heterocycles. The van der Waals surface area contributed by atoms with Gasteiger partial charge in [-0.1, -0.05) is 12.1 Å². The van der Waals surface area contributed by atoms with Gasteiger partial charge in [0.1, 0.15) is 0 Å². The van der Waals surface area contributed by atoms with Crippen molar-refractivity contribution in [3.05, 3.63) is 59.9 Å². The zero-order chi connectivity index (χ0) is 19.6. The molecule has 3 rings (SSSR count). The fourth-order valence-electron chi connectivity index (χ4n) is 2.84. The number of ether oxygens (including phenoxy) is 1. The van der Waals surface area contributed by atoms with Gasteiger partial charge in [0.2, 0.25) is 10.0 Å². The molecule has 0 bridgehead atoms. The van der Waals surface area contributed by atoms with Crippen molar-refractivity contribution in [3.63, 3.8) is 0 Å². The Morgan fingerprint density at radius 1 is 0.963 bits per heavy atom. The van der Waals surface area contributed by atoms with Gasteiger partial charge in [-0.3, -0.25) is 4.79 Å². The topological polar surface area (TPSA) is 63.7 Å². The Labute approximate surface area is 154 Å². The Bertz CT molecular complexity index is 957. The number of benzene rings is 2. The van der Waals surface area contributed by atoms with Crippen molar-refractivity contribution in [2.75, 3.05) is 13.1 Å². The van der Waals surface area contributed by atoms with E-state index in [-0.39, 0.29) is 36.6 Å². The van der Waals surface area contributed by atoms with Gasteiger partial charge in [-0.25, -0.2) is 21.6 Å². The summed E-state index contributed by atoms with van der Waals surface area (Å²) in [4.78, 5) is 11.8. The van der Waals surface area contributed by atoms with E-state index in [2.05, 4.69) is 0 Å². The predicted molar refractivity (Wildman–Crippen MR) is 89.9 cm³/mol. The molecule has 0 amide bonds. The summed E-state index contributed by atoms with van der Waals surface area (Å²) in [5.41, 5.74) is 0. The van der Waals surface area contributed by atoms with Gasteiger partial charge in [0.05, 0.1) is 10.8 Å². The lowest BCUT2D eigenvalue weighted by Crippen LogP contribution is -2.41. The van der Waals surface area contributed by atoms with E-state index in [0.29, 0.717) is 6.07 Å². The van der Waals surface area contributed by atoms with Gasteiger partial charge in [-0.05, 0) is 43.2 Å². The van der Waals surface area contributed by atoms with E-state index >= 15 is 0 Å². The van der Waals surface area contributed by atoms with Crippen molar-refractivity contribution in [2.45, 2.75) is 17.7 Å². The van der Waals surface area contributed by atoms with Crippen molar-refractivity contribution in [2.24, 2.45) is 5.92 Å². The first-order valence-corrected chi connectivity index (χ1v) is 9.64. The van der Waals surface area contributed by atoms with Crippen LogP contribution < -0.4 is 4.74 Å². The first kappa shape index (κ1) is 19.4. The van der Waals surface area contributed by atoms with Crippen LogP contribution in [0.2, 0.25) is 0 Å². The lowest BCUT2D eigenvalue weighted by molar-refractivity contribution is -0.140. The third-order valence-electron chi connectivity index (χ3n) is 4.36. The normalized spacial score (nSPS) is 16.3. The Hall–Kier alpha value is -2.39. The Morgan fingerprint density at radius 2 is 1.63 bits per heavy atom. The zero-order valence-corrected chi connectivity index (χ0v) is 14.9. The highest BCUT2D eigenvalue weighted by molar-refractivity contribution is 7.89. The first-order chi connectivity index (χ1) is 12.8. The Kier molecular flexibility index (Phi) is 5.52. The van der Waals surface area contributed by atoms with E-state index in [1.54, 1.807) is 0 Å². The second kappa shape index (κ2) is 7.69. The summed E-state index contributed by atoms with van der Waals surface area (Å²) in [5, 5.41) is 0. The average Bonchev–Trinajstić information content (AvgIpc) is 2.65. The lowest BCUT2D eigenvalue weighted by atomic mass is 9.98. The fraction of sp³-hybridized carbons (Fsp3) is 0.278. The molecule has 9 heteroatoms. The largest absolute Gasteiger partial charge is 0.423 e. The van der Waals surface area contributed by atoms with Gasteiger partial charge < -0.3 is 4.74 Å². The summed E-state index contributed by atoms with van der Waals surface area (Å²) in [6.45, 7) is 0.0245. The fourth-order valence-corrected chi connectivity index (χ4v) is 4.32. The number of carbonyl (C=O) groups excluding carboxylic acids is 1. The standard InChI is InChI=1S/C18H16F3NO4S/c19-14-6-5-13(11-16(14)21)27(24,25)22-9-7-12(8-10-22)18(23)26-17-4-2-1-3-15(17)20/h1-6,11-12H,7-10H2. The number of para-hydroxylation sites is 1. The van der Waals surface area contributed by atoms with Gasteiger partial charge in [0.25, 0.3) is 0 Å². The number of hydrogen-bond donors (Lipinski definition) is 0. The summed E-state index contributed by atoms with van der Waals surface area (Å²) in [6.07, 6.45) is 0.354. The molecular weight excluding hydrogens is 383 g/mol. The molecular formula is C18H16F3NO4S. The number of piperidine rings is 1. The van der Waals surface area contributed by atoms with Crippen LogP contribution in [0.1, 0.15) is 12.8 Å². The molecule has 2 aromatic carbocycles. The van der Waals surface area contributed by atoms with Crippen LogP contribution in [0.15, 0.2) is 47.4 Å². The molecule has 27 heavy (non-hydrogen) atoms. The first-order valence-electron chi connectivity index (χ1n) is 8.20. The maximum absolute atomic E-state index is 13.6. The molecule has 2 aromatic rings. The molecule has 0 spiro atoms.